The van der Waals surface area contributed by atoms with Gasteiger partial charge in [0, 0.05) is 32.4 Å². The molecular weight excluding hydrogens is 292 g/mol. The Balaban J connectivity index is 2.19. The average Bonchev–Trinajstić information content (AvgIpc) is 2.93. The molecule has 0 radical (unpaired) electrons. The van der Waals surface area contributed by atoms with E-state index in [1.807, 2.05) is 6.92 Å². The number of carbonyl (C=O) groups is 1. The molecule has 0 saturated carbocycles. The number of hydrogen-bond acceptors (Lipinski definition) is 4. The molecule has 1 aromatic rings. The Morgan fingerprint density at radius 3 is 2.62 bits per heavy atom. The number of amides is 1. The molecule has 0 aliphatic carbocycles. The second kappa shape index (κ2) is 5.78. The normalized spacial score (nSPS) is 23.6. The van der Waals surface area contributed by atoms with Gasteiger partial charge in [-0.05, 0) is 18.5 Å². The lowest BCUT2D eigenvalue weighted by Crippen LogP contribution is -2.39. The number of primary amides is 1. The van der Waals surface area contributed by atoms with Crippen molar-refractivity contribution in [3.05, 3.63) is 18.0 Å². The van der Waals surface area contributed by atoms with Gasteiger partial charge in [-0.25, -0.2) is 13.1 Å². The molecule has 1 amide bonds. The van der Waals surface area contributed by atoms with Gasteiger partial charge in [0.15, 0.2) is 0 Å². The number of nitrogens with zero attached hydrogens (tertiary/aromatic N) is 2. The number of nitrogens with one attached hydrogen (secondary N) is 1. The van der Waals surface area contributed by atoms with Crippen LogP contribution in [0.3, 0.4) is 0 Å². The molecule has 118 valence electrons. The van der Waals surface area contributed by atoms with Crippen molar-refractivity contribution in [2.75, 3.05) is 19.6 Å². The Labute approximate surface area is 125 Å². The van der Waals surface area contributed by atoms with Crippen molar-refractivity contribution >= 4 is 15.9 Å². The fraction of sp³-hybridized carbons (Fsp3) is 0.615. The summed E-state index contributed by atoms with van der Waals surface area (Å²) >= 11 is 0. The van der Waals surface area contributed by atoms with Crippen molar-refractivity contribution in [1.82, 2.24) is 14.2 Å². The fourth-order valence-electron chi connectivity index (χ4n) is 2.67. The second-order valence-corrected chi connectivity index (χ2v) is 7.31. The first-order valence-corrected chi connectivity index (χ1v) is 8.43. The summed E-state index contributed by atoms with van der Waals surface area (Å²) in [5.41, 5.74) is 5.38. The number of carbonyl (C=O) groups excluding carboxylic acids is 1. The number of hydrogen-bond donors (Lipinski definition) is 2. The molecule has 1 fully saturated rings. The summed E-state index contributed by atoms with van der Waals surface area (Å²) in [5.74, 6) is -0.399. The predicted molar refractivity (Wildman–Crippen MR) is 79.3 cm³/mol. The van der Waals surface area contributed by atoms with Crippen molar-refractivity contribution in [2.24, 2.45) is 18.7 Å². The van der Waals surface area contributed by atoms with E-state index in [-0.39, 0.29) is 22.5 Å². The third kappa shape index (κ3) is 3.28. The zero-order valence-electron chi connectivity index (χ0n) is 12.5. The number of likely N-dealkylation sites (tertiary alicyclic amines) is 1. The molecule has 1 aliphatic rings. The van der Waals surface area contributed by atoms with Gasteiger partial charge in [0.25, 0.3) is 5.91 Å². The van der Waals surface area contributed by atoms with E-state index >= 15 is 0 Å². The van der Waals surface area contributed by atoms with Crippen LogP contribution < -0.4 is 10.5 Å². The van der Waals surface area contributed by atoms with Gasteiger partial charge in [-0.15, -0.1) is 0 Å². The molecule has 21 heavy (non-hydrogen) atoms. The minimum atomic E-state index is -3.65. The second-order valence-electron chi connectivity index (χ2n) is 5.59. The van der Waals surface area contributed by atoms with Crippen LogP contribution in [0.4, 0.5) is 0 Å². The average molecular weight is 314 g/mol. The van der Waals surface area contributed by atoms with Crippen LogP contribution in [0, 0.1) is 5.92 Å². The van der Waals surface area contributed by atoms with Gasteiger partial charge >= 0.3 is 0 Å². The Morgan fingerprint density at radius 2 is 2.14 bits per heavy atom. The molecule has 2 heterocycles. The first-order valence-electron chi connectivity index (χ1n) is 6.95. The maximum absolute atomic E-state index is 12.4. The number of aromatic nitrogens is 1. The molecule has 1 aromatic heterocycles. The molecule has 7 nitrogen and oxygen atoms in total. The van der Waals surface area contributed by atoms with Crippen LogP contribution in [0.1, 0.15) is 24.3 Å². The maximum atomic E-state index is 12.4. The minimum Gasteiger partial charge on any atom is -0.364 e. The van der Waals surface area contributed by atoms with E-state index in [9.17, 15) is 13.2 Å². The smallest absolute Gasteiger partial charge is 0.265 e. The lowest BCUT2D eigenvalue weighted by atomic mass is 10.1. The van der Waals surface area contributed by atoms with Crippen molar-refractivity contribution < 1.29 is 13.2 Å². The molecule has 3 N–H and O–H groups in total. The van der Waals surface area contributed by atoms with Crippen molar-refractivity contribution in [3.63, 3.8) is 0 Å². The van der Waals surface area contributed by atoms with E-state index in [1.165, 1.54) is 16.8 Å². The number of rotatable bonds is 5. The summed E-state index contributed by atoms with van der Waals surface area (Å²) in [7, 11) is -2.06. The highest BCUT2D eigenvalue weighted by Crippen LogP contribution is 2.20. The topological polar surface area (TPSA) is 97.4 Å². The highest BCUT2D eigenvalue weighted by atomic mass is 32.2. The predicted octanol–water partition coefficient (Wildman–Crippen LogP) is -0.257. The molecule has 8 heteroatoms. The van der Waals surface area contributed by atoms with Crippen LogP contribution in [-0.2, 0) is 17.1 Å². The van der Waals surface area contributed by atoms with Crippen LogP contribution in [0.25, 0.3) is 0 Å². The Morgan fingerprint density at radius 1 is 1.48 bits per heavy atom. The van der Waals surface area contributed by atoms with Gasteiger partial charge in [0.05, 0.1) is 0 Å². The summed E-state index contributed by atoms with van der Waals surface area (Å²) in [6.45, 7) is 6.57. The van der Waals surface area contributed by atoms with Crippen LogP contribution in [0.2, 0.25) is 0 Å². The van der Waals surface area contributed by atoms with Gasteiger partial charge in [-0.3, -0.25) is 4.79 Å². The Hall–Kier alpha value is -1.38. The molecule has 2 atom stereocenters. The van der Waals surface area contributed by atoms with E-state index in [1.54, 1.807) is 7.05 Å². The van der Waals surface area contributed by atoms with Gasteiger partial charge in [-0.2, -0.15) is 0 Å². The molecule has 0 bridgehead atoms. The Bertz CT molecular complexity index is 638. The summed E-state index contributed by atoms with van der Waals surface area (Å²) in [5, 5.41) is 0. The van der Waals surface area contributed by atoms with Crippen molar-refractivity contribution in [2.45, 2.75) is 24.8 Å². The van der Waals surface area contributed by atoms with E-state index in [0.717, 1.165) is 13.1 Å². The third-order valence-corrected chi connectivity index (χ3v) is 5.44. The monoisotopic (exact) mass is 314 g/mol. The molecule has 0 aromatic carbocycles. The lowest BCUT2D eigenvalue weighted by molar-refractivity contribution is 0.0992. The molecule has 1 aliphatic heterocycles. The van der Waals surface area contributed by atoms with Crippen LogP contribution in [0.5, 0.6) is 0 Å². The first kappa shape index (κ1) is 16.0. The molecule has 1 saturated heterocycles. The maximum Gasteiger partial charge on any atom is 0.265 e. The van der Waals surface area contributed by atoms with E-state index in [4.69, 9.17) is 5.73 Å². The van der Waals surface area contributed by atoms with E-state index in [0.29, 0.717) is 6.54 Å². The van der Waals surface area contributed by atoms with Crippen LogP contribution >= 0.6 is 0 Å². The van der Waals surface area contributed by atoms with Gasteiger partial charge in [0.2, 0.25) is 10.0 Å². The van der Waals surface area contributed by atoms with Crippen LogP contribution in [0.15, 0.2) is 17.2 Å². The summed E-state index contributed by atoms with van der Waals surface area (Å²) in [6.07, 6.45) is 1.40. The van der Waals surface area contributed by atoms with E-state index in [2.05, 4.69) is 16.5 Å². The van der Waals surface area contributed by atoms with E-state index < -0.39 is 15.9 Å². The zero-order valence-corrected chi connectivity index (χ0v) is 13.4. The van der Waals surface area contributed by atoms with Gasteiger partial charge in [-0.1, -0.05) is 13.8 Å². The van der Waals surface area contributed by atoms with Crippen LogP contribution in [-0.4, -0.2) is 49.5 Å². The molecule has 0 unspecified atom stereocenters. The van der Waals surface area contributed by atoms with Gasteiger partial charge in [0.1, 0.15) is 10.6 Å². The summed E-state index contributed by atoms with van der Waals surface area (Å²) in [6, 6.07) is 1.19. The number of sulfonamides is 1. The summed E-state index contributed by atoms with van der Waals surface area (Å²) in [4.78, 5) is 13.5. The SMILES string of the molecule is CCN1C[C@H](C)[C@H](NS(=O)(=O)c2cc(C(N)=O)n(C)c2)C1. The fourth-order valence-corrected chi connectivity index (χ4v) is 4.08. The zero-order chi connectivity index (χ0) is 15.8. The quantitative estimate of drug-likeness (QED) is 0.782. The first-order chi connectivity index (χ1) is 9.74. The number of aryl methyl sites for hydroxylation is 1. The standard InChI is InChI=1S/C13H22N4O3S/c1-4-17-6-9(2)11(8-17)15-21(19,20)10-5-12(13(14)18)16(3)7-10/h5,7,9,11,15H,4,6,8H2,1-3H3,(H2,14,18)/t9-,11+/m0/s1. The third-order valence-electron chi connectivity index (χ3n) is 3.98. The largest absolute Gasteiger partial charge is 0.364 e. The number of likely N-dealkylation sites (N-methyl/N-ethyl adjacent to an activating group) is 1. The Kier molecular flexibility index (Phi) is 4.40. The lowest BCUT2D eigenvalue weighted by Gasteiger charge is -2.16. The highest BCUT2D eigenvalue weighted by molar-refractivity contribution is 7.89. The molecular formula is C13H22N4O3S. The van der Waals surface area contributed by atoms with Gasteiger partial charge < -0.3 is 15.2 Å². The molecule has 0 spiro atoms. The number of nitrogens with two attached hydrogens (primary N) is 1. The molecule has 2 rings (SSSR count). The van der Waals surface area contributed by atoms with Crippen molar-refractivity contribution in [3.8, 4) is 0 Å². The summed E-state index contributed by atoms with van der Waals surface area (Å²) < 4.78 is 29.0. The minimum absolute atomic E-state index is 0.0703. The highest BCUT2D eigenvalue weighted by Gasteiger charge is 2.32. The van der Waals surface area contributed by atoms with Crippen molar-refractivity contribution in [1.29, 1.82) is 0 Å².